The minimum absolute atomic E-state index is 0.0543. The fraction of sp³-hybridized carbons (Fsp3) is 0.0588. The van der Waals surface area contributed by atoms with E-state index >= 15 is 0 Å². The number of ether oxygens (including phenoxy) is 1. The predicted octanol–water partition coefficient (Wildman–Crippen LogP) is 3.43. The Morgan fingerprint density at radius 3 is 2.50 bits per heavy atom. The fourth-order valence-corrected chi connectivity index (χ4v) is 1.78. The van der Waals surface area contributed by atoms with Crippen LogP contribution in [-0.4, -0.2) is 13.0 Å². The lowest BCUT2D eigenvalue weighted by atomic mass is 10.2. The number of nitrogens with one attached hydrogen (secondary N) is 2. The summed E-state index contributed by atoms with van der Waals surface area (Å²) in [5.74, 6) is -1.60. The maximum atomic E-state index is 13.5. The van der Waals surface area contributed by atoms with E-state index in [2.05, 4.69) is 10.6 Å². The second-order valence-electron chi connectivity index (χ2n) is 4.62. The van der Waals surface area contributed by atoms with Gasteiger partial charge in [-0.3, -0.25) is 4.79 Å². The van der Waals surface area contributed by atoms with E-state index in [1.807, 2.05) is 0 Å². The molecule has 7 heteroatoms. The Kier molecular flexibility index (Phi) is 5.47. The van der Waals surface area contributed by atoms with Gasteiger partial charge in [0.05, 0.1) is 12.8 Å². The van der Waals surface area contributed by atoms with Gasteiger partial charge in [0.25, 0.3) is 5.91 Å². The molecule has 1 amide bonds. The van der Waals surface area contributed by atoms with Crippen LogP contribution in [-0.2, 0) is 4.79 Å². The van der Waals surface area contributed by atoms with Crippen molar-refractivity contribution in [1.82, 2.24) is 0 Å². The molecule has 2 rings (SSSR count). The molecule has 122 valence electrons. The zero-order valence-corrected chi connectivity index (χ0v) is 12.6. The molecule has 0 saturated heterocycles. The molecule has 0 fully saturated rings. The molecular weight excluding hydrogens is 316 g/mol. The standard InChI is InChI=1S/C17H13F2N3O2/c1-24-14-5-3-13(4-6-14)22-17(23)11(9-20)10-21-16-7-2-12(18)8-15(16)19/h2-8,10,21H,1H3,(H,22,23)/b11-10-. The molecular formula is C17H13F2N3O2. The highest BCUT2D eigenvalue weighted by Gasteiger charge is 2.10. The molecule has 2 aromatic rings. The summed E-state index contributed by atoms with van der Waals surface area (Å²) in [7, 11) is 1.52. The van der Waals surface area contributed by atoms with Crippen molar-refractivity contribution in [3.05, 3.63) is 65.9 Å². The zero-order chi connectivity index (χ0) is 17.5. The van der Waals surface area contributed by atoms with Gasteiger partial charge in [0, 0.05) is 18.0 Å². The molecule has 0 bridgehead atoms. The number of anilines is 2. The Labute approximate surface area is 137 Å². The topological polar surface area (TPSA) is 74.1 Å². The highest BCUT2D eigenvalue weighted by Crippen LogP contribution is 2.17. The Bertz CT molecular complexity index is 812. The van der Waals surface area contributed by atoms with Crippen LogP contribution in [0.15, 0.2) is 54.2 Å². The molecule has 0 aromatic heterocycles. The smallest absolute Gasteiger partial charge is 0.267 e. The van der Waals surface area contributed by atoms with Gasteiger partial charge < -0.3 is 15.4 Å². The van der Waals surface area contributed by atoms with Crippen LogP contribution < -0.4 is 15.4 Å². The van der Waals surface area contributed by atoms with E-state index in [1.54, 1.807) is 30.3 Å². The third-order valence-electron chi connectivity index (χ3n) is 3.02. The van der Waals surface area contributed by atoms with Crippen molar-refractivity contribution in [2.45, 2.75) is 0 Å². The van der Waals surface area contributed by atoms with E-state index in [1.165, 1.54) is 7.11 Å². The maximum absolute atomic E-state index is 13.5. The average Bonchev–Trinajstić information content (AvgIpc) is 2.57. The second kappa shape index (κ2) is 7.74. The summed E-state index contributed by atoms with van der Waals surface area (Å²) in [6.07, 6.45) is 1.05. The van der Waals surface area contributed by atoms with Crippen LogP contribution in [0.25, 0.3) is 0 Å². The maximum Gasteiger partial charge on any atom is 0.267 e. The van der Waals surface area contributed by atoms with Crippen LogP contribution in [0.2, 0.25) is 0 Å². The van der Waals surface area contributed by atoms with E-state index in [0.717, 1.165) is 18.3 Å². The number of hydrogen-bond donors (Lipinski definition) is 2. The summed E-state index contributed by atoms with van der Waals surface area (Å²) in [5.41, 5.74) is 0.144. The van der Waals surface area contributed by atoms with Crippen molar-refractivity contribution >= 4 is 17.3 Å². The summed E-state index contributed by atoms with van der Waals surface area (Å²) in [6.45, 7) is 0. The molecule has 0 spiro atoms. The van der Waals surface area contributed by atoms with Gasteiger partial charge in [-0.15, -0.1) is 0 Å². The molecule has 0 heterocycles. The van der Waals surface area contributed by atoms with Gasteiger partial charge in [0.2, 0.25) is 0 Å². The lowest BCUT2D eigenvalue weighted by Gasteiger charge is -2.06. The number of amides is 1. The van der Waals surface area contributed by atoms with Crippen molar-refractivity contribution in [2.24, 2.45) is 0 Å². The zero-order valence-electron chi connectivity index (χ0n) is 12.6. The first-order valence-electron chi connectivity index (χ1n) is 6.80. The first-order valence-corrected chi connectivity index (χ1v) is 6.80. The number of carbonyl (C=O) groups is 1. The molecule has 0 aliphatic carbocycles. The number of rotatable bonds is 5. The lowest BCUT2D eigenvalue weighted by molar-refractivity contribution is -0.112. The Balaban J connectivity index is 2.08. The molecule has 0 unspecified atom stereocenters. The Hall–Kier alpha value is -3.40. The van der Waals surface area contributed by atoms with Gasteiger partial charge in [-0.25, -0.2) is 8.78 Å². The van der Waals surface area contributed by atoms with Crippen LogP contribution in [0.3, 0.4) is 0 Å². The SMILES string of the molecule is COc1ccc(NC(=O)/C(C#N)=C\Nc2ccc(F)cc2F)cc1. The number of nitriles is 1. The van der Waals surface area contributed by atoms with E-state index in [9.17, 15) is 13.6 Å². The predicted molar refractivity (Wildman–Crippen MR) is 85.3 cm³/mol. The number of nitrogens with zero attached hydrogens (tertiary/aromatic N) is 1. The van der Waals surface area contributed by atoms with Crippen molar-refractivity contribution in [2.75, 3.05) is 17.7 Å². The van der Waals surface area contributed by atoms with Gasteiger partial charge >= 0.3 is 0 Å². The quantitative estimate of drug-likeness (QED) is 0.651. The van der Waals surface area contributed by atoms with Crippen LogP contribution in [0.1, 0.15) is 0 Å². The first kappa shape index (κ1) is 17.0. The summed E-state index contributed by atoms with van der Waals surface area (Å²) < 4.78 is 31.3. The normalized spacial score (nSPS) is 10.7. The lowest BCUT2D eigenvalue weighted by Crippen LogP contribution is -2.14. The molecule has 5 nitrogen and oxygen atoms in total. The van der Waals surface area contributed by atoms with E-state index in [4.69, 9.17) is 10.00 Å². The molecule has 0 saturated carbocycles. The number of methoxy groups -OCH3 is 1. The summed E-state index contributed by atoms with van der Waals surface area (Å²) >= 11 is 0. The molecule has 24 heavy (non-hydrogen) atoms. The molecule has 2 aromatic carbocycles. The van der Waals surface area contributed by atoms with E-state index in [0.29, 0.717) is 17.5 Å². The van der Waals surface area contributed by atoms with Crippen LogP contribution in [0.4, 0.5) is 20.2 Å². The largest absolute Gasteiger partial charge is 0.497 e. The third kappa shape index (κ3) is 4.30. The van der Waals surface area contributed by atoms with Crippen molar-refractivity contribution in [1.29, 1.82) is 5.26 Å². The monoisotopic (exact) mass is 329 g/mol. The van der Waals surface area contributed by atoms with Gasteiger partial charge in [-0.2, -0.15) is 5.26 Å². The van der Waals surface area contributed by atoms with Gasteiger partial charge in [0.15, 0.2) is 0 Å². The average molecular weight is 329 g/mol. The molecule has 0 aliphatic heterocycles. The van der Waals surface area contributed by atoms with Crippen LogP contribution >= 0.6 is 0 Å². The fourth-order valence-electron chi connectivity index (χ4n) is 1.78. The Morgan fingerprint density at radius 2 is 1.92 bits per heavy atom. The third-order valence-corrected chi connectivity index (χ3v) is 3.02. The van der Waals surface area contributed by atoms with Crippen LogP contribution in [0.5, 0.6) is 5.75 Å². The highest BCUT2D eigenvalue weighted by atomic mass is 19.1. The van der Waals surface area contributed by atoms with E-state index < -0.39 is 17.5 Å². The molecule has 0 atom stereocenters. The molecule has 0 radical (unpaired) electrons. The molecule has 2 N–H and O–H groups in total. The highest BCUT2D eigenvalue weighted by molar-refractivity contribution is 6.06. The second-order valence-corrected chi connectivity index (χ2v) is 4.62. The number of carbonyl (C=O) groups excluding carboxylic acids is 1. The minimum Gasteiger partial charge on any atom is -0.497 e. The van der Waals surface area contributed by atoms with Crippen molar-refractivity contribution in [3.63, 3.8) is 0 Å². The van der Waals surface area contributed by atoms with Gasteiger partial charge in [-0.1, -0.05) is 0 Å². The van der Waals surface area contributed by atoms with Gasteiger partial charge in [0.1, 0.15) is 29.0 Å². The number of benzene rings is 2. The van der Waals surface area contributed by atoms with Gasteiger partial charge in [-0.05, 0) is 36.4 Å². The summed E-state index contributed by atoms with van der Waals surface area (Å²) in [4.78, 5) is 12.0. The molecule has 0 aliphatic rings. The summed E-state index contributed by atoms with van der Waals surface area (Å²) in [5, 5.41) is 14.0. The van der Waals surface area contributed by atoms with Crippen molar-refractivity contribution in [3.8, 4) is 11.8 Å². The summed E-state index contributed by atoms with van der Waals surface area (Å²) in [6, 6.07) is 11.1. The van der Waals surface area contributed by atoms with Crippen molar-refractivity contribution < 1.29 is 18.3 Å². The Morgan fingerprint density at radius 1 is 1.21 bits per heavy atom. The number of hydrogen-bond acceptors (Lipinski definition) is 4. The minimum atomic E-state index is -0.834. The van der Waals surface area contributed by atoms with E-state index in [-0.39, 0.29) is 11.3 Å². The van der Waals surface area contributed by atoms with Crippen LogP contribution in [0, 0.1) is 23.0 Å². The first-order chi connectivity index (χ1) is 11.5. The number of halogens is 2.